The van der Waals surface area contributed by atoms with Crippen LogP contribution >= 0.6 is 11.6 Å². The largest absolute Gasteiger partial charge is 0.418 e. The van der Waals surface area contributed by atoms with E-state index in [1.165, 1.54) is 12.1 Å². The number of nitrogens with one attached hydrogen (secondary N) is 1. The van der Waals surface area contributed by atoms with Crippen LogP contribution in [0.3, 0.4) is 0 Å². The Morgan fingerprint density at radius 2 is 2.00 bits per heavy atom. The molecule has 0 bridgehead atoms. The van der Waals surface area contributed by atoms with Crippen LogP contribution in [0.5, 0.6) is 0 Å². The summed E-state index contributed by atoms with van der Waals surface area (Å²) in [5.74, 6) is 0. The first-order valence-corrected chi connectivity index (χ1v) is 7.04. The highest BCUT2D eigenvalue weighted by atomic mass is 35.5. The minimum atomic E-state index is -4.43. The smallest absolute Gasteiger partial charge is 0.379 e. The first-order valence-electron chi connectivity index (χ1n) is 6.66. The fourth-order valence-electron chi connectivity index (χ4n) is 2.16. The number of aromatic nitrogens is 1. The lowest BCUT2D eigenvalue weighted by Gasteiger charge is -2.16. The van der Waals surface area contributed by atoms with Gasteiger partial charge in [-0.15, -0.1) is 0 Å². The van der Waals surface area contributed by atoms with Crippen molar-refractivity contribution in [2.75, 3.05) is 5.32 Å². The van der Waals surface area contributed by atoms with E-state index in [-0.39, 0.29) is 10.7 Å². The lowest BCUT2D eigenvalue weighted by molar-refractivity contribution is -0.136. The van der Waals surface area contributed by atoms with E-state index >= 15 is 0 Å². The number of nitrogens with zero attached hydrogens (tertiary/aromatic N) is 1. The summed E-state index contributed by atoms with van der Waals surface area (Å²) < 4.78 is 41.0. The number of hydrogen-bond donors (Lipinski definition) is 1. The molecule has 2 nitrogen and oxygen atoms in total. The Kier molecular flexibility index (Phi) is 4.83. The predicted molar refractivity (Wildman–Crippen MR) is 78.5 cm³/mol. The third kappa shape index (κ3) is 3.94. The molecule has 6 heteroatoms. The number of anilines is 1. The van der Waals surface area contributed by atoms with Gasteiger partial charge in [-0.2, -0.15) is 13.2 Å². The monoisotopic (exact) mass is 316 g/mol. The fourth-order valence-corrected chi connectivity index (χ4v) is 2.33. The Balaban J connectivity index is 2.18. The number of rotatable bonds is 5. The average Bonchev–Trinajstić information content (AvgIpc) is 2.84. The lowest BCUT2D eigenvalue weighted by atomic mass is 10.1. The van der Waals surface area contributed by atoms with Crippen LogP contribution in [0.15, 0.2) is 36.5 Å². The second kappa shape index (κ2) is 6.43. The van der Waals surface area contributed by atoms with Crippen molar-refractivity contribution >= 4 is 17.3 Å². The fraction of sp³-hybridized carbons (Fsp3) is 0.333. The predicted octanol–water partition coefficient (Wildman–Crippen LogP) is 5.18. The number of alkyl halides is 3. The number of hydrogen-bond acceptors (Lipinski definition) is 1. The van der Waals surface area contributed by atoms with Gasteiger partial charge in [-0.25, -0.2) is 0 Å². The first kappa shape index (κ1) is 15.8. The zero-order chi connectivity index (χ0) is 15.5. The second-order valence-corrected chi connectivity index (χ2v) is 5.17. The molecule has 2 rings (SSSR count). The Hall–Kier alpha value is -1.62. The van der Waals surface area contributed by atoms with Crippen LogP contribution in [0.1, 0.15) is 24.6 Å². The van der Waals surface area contributed by atoms with E-state index in [0.29, 0.717) is 6.54 Å². The summed E-state index contributed by atoms with van der Waals surface area (Å²) in [7, 11) is 0. The van der Waals surface area contributed by atoms with Crippen LogP contribution in [0.25, 0.3) is 0 Å². The molecule has 0 atom stereocenters. The molecule has 1 N–H and O–H groups in total. The van der Waals surface area contributed by atoms with E-state index in [2.05, 4.69) is 12.2 Å². The Labute approximate surface area is 126 Å². The van der Waals surface area contributed by atoms with Crippen molar-refractivity contribution in [3.05, 3.63) is 52.8 Å². The van der Waals surface area contributed by atoms with Crippen LogP contribution in [-0.2, 0) is 19.3 Å². The maximum absolute atomic E-state index is 13.0. The molecule has 1 heterocycles. The molecule has 0 amide bonds. The molecule has 0 aliphatic carbocycles. The van der Waals surface area contributed by atoms with Gasteiger partial charge in [-0.1, -0.05) is 18.5 Å². The summed E-state index contributed by atoms with van der Waals surface area (Å²) in [6.45, 7) is 3.23. The molecule has 0 saturated heterocycles. The summed E-state index contributed by atoms with van der Waals surface area (Å²) in [5, 5.41) is 2.92. The molecule has 1 aromatic carbocycles. The molecule has 0 aliphatic rings. The van der Waals surface area contributed by atoms with Gasteiger partial charge in [0.25, 0.3) is 0 Å². The van der Waals surface area contributed by atoms with Crippen LogP contribution in [-0.4, -0.2) is 4.57 Å². The number of benzene rings is 1. The van der Waals surface area contributed by atoms with Crippen molar-refractivity contribution in [2.45, 2.75) is 32.6 Å². The minimum absolute atomic E-state index is 0.0381. The molecule has 0 fully saturated rings. The molecule has 0 saturated carbocycles. The van der Waals surface area contributed by atoms with Gasteiger partial charge in [-0.05, 0) is 36.8 Å². The van der Waals surface area contributed by atoms with Crippen molar-refractivity contribution in [1.29, 1.82) is 0 Å². The number of halogens is 4. The minimum Gasteiger partial charge on any atom is -0.379 e. The highest BCUT2D eigenvalue weighted by Crippen LogP contribution is 2.36. The Morgan fingerprint density at radius 3 is 2.67 bits per heavy atom. The van der Waals surface area contributed by atoms with Crippen molar-refractivity contribution in [3.63, 3.8) is 0 Å². The molecule has 0 unspecified atom stereocenters. The van der Waals surface area contributed by atoms with E-state index in [0.717, 1.165) is 24.7 Å². The van der Waals surface area contributed by atoms with E-state index in [4.69, 9.17) is 11.6 Å². The molecule has 0 spiro atoms. The van der Waals surface area contributed by atoms with Crippen LogP contribution in [0.2, 0.25) is 5.02 Å². The SMILES string of the molecule is CCCn1cccc1CNc1ccc(Cl)cc1C(F)(F)F. The van der Waals surface area contributed by atoms with Crippen LogP contribution in [0.4, 0.5) is 18.9 Å². The average molecular weight is 317 g/mol. The van der Waals surface area contributed by atoms with E-state index in [1.807, 2.05) is 22.9 Å². The number of aryl methyl sites for hydroxylation is 1. The molecule has 114 valence electrons. The molecule has 21 heavy (non-hydrogen) atoms. The van der Waals surface area contributed by atoms with Gasteiger partial charge in [-0.3, -0.25) is 0 Å². The quantitative estimate of drug-likeness (QED) is 0.804. The zero-order valence-electron chi connectivity index (χ0n) is 11.5. The van der Waals surface area contributed by atoms with Gasteiger partial charge < -0.3 is 9.88 Å². The first-order chi connectivity index (χ1) is 9.91. The normalized spacial score (nSPS) is 11.7. The Morgan fingerprint density at radius 1 is 1.24 bits per heavy atom. The summed E-state index contributed by atoms with van der Waals surface area (Å²) in [4.78, 5) is 0. The van der Waals surface area contributed by atoms with Crippen molar-refractivity contribution < 1.29 is 13.2 Å². The second-order valence-electron chi connectivity index (χ2n) is 4.73. The van der Waals surface area contributed by atoms with Gasteiger partial charge in [0.15, 0.2) is 0 Å². The van der Waals surface area contributed by atoms with Gasteiger partial charge in [0.1, 0.15) is 0 Å². The van der Waals surface area contributed by atoms with Gasteiger partial charge in [0.2, 0.25) is 0 Å². The maximum atomic E-state index is 13.0. The van der Waals surface area contributed by atoms with Gasteiger partial charge in [0, 0.05) is 29.1 Å². The highest BCUT2D eigenvalue weighted by molar-refractivity contribution is 6.30. The molecule has 0 radical (unpaired) electrons. The summed E-state index contributed by atoms with van der Waals surface area (Å²) in [6, 6.07) is 7.53. The molecule has 2 aromatic rings. The summed E-state index contributed by atoms with van der Waals surface area (Å²) >= 11 is 5.66. The summed E-state index contributed by atoms with van der Waals surface area (Å²) in [5.41, 5.74) is 0.236. The molecular weight excluding hydrogens is 301 g/mol. The highest BCUT2D eigenvalue weighted by Gasteiger charge is 2.33. The zero-order valence-corrected chi connectivity index (χ0v) is 12.3. The summed E-state index contributed by atoms with van der Waals surface area (Å²) in [6.07, 6.45) is -1.54. The molecule has 0 aliphatic heterocycles. The van der Waals surface area contributed by atoms with Gasteiger partial charge >= 0.3 is 6.18 Å². The topological polar surface area (TPSA) is 17.0 Å². The molecule has 1 aromatic heterocycles. The van der Waals surface area contributed by atoms with E-state index < -0.39 is 11.7 Å². The van der Waals surface area contributed by atoms with Crippen molar-refractivity contribution in [2.24, 2.45) is 0 Å². The molecular formula is C15H16ClF3N2. The van der Waals surface area contributed by atoms with Crippen LogP contribution < -0.4 is 5.32 Å². The van der Waals surface area contributed by atoms with Crippen molar-refractivity contribution in [3.8, 4) is 0 Å². The van der Waals surface area contributed by atoms with Crippen LogP contribution in [0, 0.1) is 0 Å². The maximum Gasteiger partial charge on any atom is 0.418 e. The van der Waals surface area contributed by atoms with E-state index in [1.54, 1.807) is 0 Å². The van der Waals surface area contributed by atoms with Gasteiger partial charge in [0.05, 0.1) is 12.1 Å². The third-order valence-electron chi connectivity index (χ3n) is 3.14. The van der Waals surface area contributed by atoms with E-state index in [9.17, 15) is 13.2 Å². The third-order valence-corrected chi connectivity index (χ3v) is 3.37. The van der Waals surface area contributed by atoms with Crippen molar-refractivity contribution in [1.82, 2.24) is 4.57 Å². The standard InChI is InChI=1S/C15H16ClF3N2/c1-2-7-21-8-3-4-12(21)10-20-14-6-5-11(16)9-13(14)15(17,18)19/h3-6,8-9,20H,2,7,10H2,1H3. The lowest BCUT2D eigenvalue weighted by Crippen LogP contribution is -2.12. The Bertz CT molecular complexity index is 605.